The van der Waals surface area contributed by atoms with Gasteiger partial charge in [-0.15, -0.1) is 10.2 Å². The molecule has 0 amide bonds. The van der Waals surface area contributed by atoms with Crippen LogP contribution in [0.2, 0.25) is 5.02 Å². The first-order chi connectivity index (χ1) is 14.8. The van der Waals surface area contributed by atoms with Crippen LogP contribution < -0.4 is 4.90 Å². The number of hydrogen-bond donors (Lipinski definition) is 0. The fourth-order valence-electron chi connectivity index (χ4n) is 3.58. The molecule has 4 aromatic rings. The molecule has 0 saturated carbocycles. The smallest absolute Gasteiger partial charge is 0.232 e. The summed E-state index contributed by atoms with van der Waals surface area (Å²) in [5, 5.41) is 11.7. The molecule has 1 saturated heterocycles. The number of fused-ring (bicyclic) bond motifs is 1. The first kappa shape index (κ1) is 19.4. The Morgan fingerprint density at radius 1 is 0.967 bits per heavy atom. The molecule has 1 fully saturated rings. The molecule has 5 rings (SSSR count). The van der Waals surface area contributed by atoms with Crippen LogP contribution in [0.3, 0.4) is 0 Å². The number of nitrogens with zero attached hydrogens (tertiary/aromatic N) is 5. The van der Waals surface area contributed by atoms with Gasteiger partial charge in [-0.3, -0.25) is 9.55 Å². The van der Waals surface area contributed by atoms with Crippen molar-refractivity contribution in [2.75, 3.05) is 31.2 Å². The molecule has 3 heterocycles. The molecule has 0 N–H and O–H groups in total. The molecule has 30 heavy (non-hydrogen) atoms. The second-order valence-electron chi connectivity index (χ2n) is 6.94. The predicted octanol–water partition coefficient (Wildman–Crippen LogP) is 4.60. The van der Waals surface area contributed by atoms with Crippen LogP contribution in [0.5, 0.6) is 0 Å². The summed E-state index contributed by atoms with van der Waals surface area (Å²) in [5.41, 5.74) is 2.97. The monoisotopic (exact) mass is 437 g/mol. The molecule has 0 spiro atoms. The summed E-state index contributed by atoms with van der Waals surface area (Å²) in [6.07, 6.45) is 1.80. The van der Waals surface area contributed by atoms with Crippen LogP contribution in [-0.4, -0.2) is 46.1 Å². The van der Waals surface area contributed by atoms with E-state index in [1.807, 2.05) is 36.4 Å². The number of thioether (sulfide) groups is 1. The molecule has 0 aliphatic carbocycles. The van der Waals surface area contributed by atoms with E-state index >= 15 is 0 Å². The van der Waals surface area contributed by atoms with Gasteiger partial charge in [-0.2, -0.15) is 0 Å². The Balaban J connectivity index is 1.51. The molecule has 1 aliphatic heterocycles. The zero-order valence-electron chi connectivity index (χ0n) is 16.2. The van der Waals surface area contributed by atoms with Crippen LogP contribution >= 0.6 is 23.4 Å². The Kier molecular flexibility index (Phi) is 5.57. The van der Waals surface area contributed by atoms with E-state index in [1.54, 1.807) is 18.0 Å². The van der Waals surface area contributed by atoms with Crippen molar-refractivity contribution in [2.24, 2.45) is 0 Å². The van der Waals surface area contributed by atoms with Crippen LogP contribution in [-0.2, 0) is 10.5 Å². The number of pyridine rings is 1. The Morgan fingerprint density at radius 3 is 2.63 bits per heavy atom. The molecule has 2 aromatic heterocycles. The standard InChI is InChI=1S/C22H20ClN5OS/c23-19-9-8-16-5-4-10-24-20(16)18(19)15-30-22-26-25-21(27-11-13-29-14-12-27)28(22)17-6-2-1-3-7-17/h1-10H,11-15H2. The lowest BCUT2D eigenvalue weighted by Gasteiger charge is -2.27. The van der Waals surface area contributed by atoms with Crippen LogP contribution in [0.1, 0.15) is 5.56 Å². The number of ether oxygens (including phenoxy) is 1. The van der Waals surface area contributed by atoms with Gasteiger partial charge in [0.15, 0.2) is 5.16 Å². The fourth-order valence-corrected chi connectivity index (χ4v) is 4.86. The van der Waals surface area contributed by atoms with Crippen molar-refractivity contribution < 1.29 is 4.74 Å². The molecule has 1 aliphatic rings. The highest BCUT2D eigenvalue weighted by molar-refractivity contribution is 7.98. The van der Waals surface area contributed by atoms with Crippen molar-refractivity contribution in [3.63, 3.8) is 0 Å². The van der Waals surface area contributed by atoms with Gasteiger partial charge in [0.05, 0.1) is 24.4 Å². The van der Waals surface area contributed by atoms with E-state index in [-0.39, 0.29) is 0 Å². The van der Waals surface area contributed by atoms with Gasteiger partial charge in [-0.25, -0.2) is 0 Å². The van der Waals surface area contributed by atoms with E-state index in [4.69, 9.17) is 16.3 Å². The lowest BCUT2D eigenvalue weighted by Crippen LogP contribution is -2.37. The Labute approximate surface area is 183 Å². The summed E-state index contributed by atoms with van der Waals surface area (Å²) >= 11 is 8.15. The Bertz CT molecular complexity index is 1160. The largest absolute Gasteiger partial charge is 0.378 e. The molecule has 2 aromatic carbocycles. The number of para-hydroxylation sites is 1. The molecule has 6 nitrogen and oxygen atoms in total. The third kappa shape index (κ3) is 3.76. The van der Waals surface area contributed by atoms with Gasteiger partial charge in [0, 0.05) is 41.0 Å². The third-order valence-electron chi connectivity index (χ3n) is 5.09. The zero-order valence-corrected chi connectivity index (χ0v) is 17.8. The average Bonchev–Trinajstić information content (AvgIpc) is 3.23. The number of benzene rings is 2. The van der Waals surface area contributed by atoms with Crippen molar-refractivity contribution in [2.45, 2.75) is 10.9 Å². The van der Waals surface area contributed by atoms with Gasteiger partial charge < -0.3 is 9.64 Å². The number of rotatable bonds is 5. The molecule has 0 unspecified atom stereocenters. The molecule has 152 valence electrons. The van der Waals surface area contributed by atoms with E-state index in [0.29, 0.717) is 24.0 Å². The molecule has 0 radical (unpaired) electrons. The minimum absolute atomic E-state index is 0.654. The van der Waals surface area contributed by atoms with E-state index in [9.17, 15) is 0 Å². The van der Waals surface area contributed by atoms with Crippen molar-refractivity contribution in [1.29, 1.82) is 0 Å². The van der Waals surface area contributed by atoms with Crippen LogP contribution in [0.25, 0.3) is 16.6 Å². The average molecular weight is 438 g/mol. The summed E-state index contributed by atoms with van der Waals surface area (Å²) in [6.45, 7) is 2.99. The maximum Gasteiger partial charge on any atom is 0.232 e. The summed E-state index contributed by atoms with van der Waals surface area (Å²) in [6, 6.07) is 18.1. The quantitative estimate of drug-likeness (QED) is 0.425. The van der Waals surface area contributed by atoms with Crippen molar-refractivity contribution >= 4 is 40.2 Å². The van der Waals surface area contributed by atoms with Crippen molar-refractivity contribution in [3.05, 3.63) is 71.4 Å². The maximum atomic E-state index is 6.53. The first-order valence-electron chi connectivity index (χ1n) is 9.80. The first-order valence-corrected chi connectivity index (χ1v) is 11.2. The van der Waals surface area contributed by atoms with Gasteiger partial charge in [0.25, 0.3) is 0 Å². The summed E-state index contributed by atoms with van der Waals surface area (Å²) in [7, 11) is 0. The number of anilines is 1. The fraction of sp³-hybridized carbons (Fsp3) is 0.227. The summed E-state index contributed by atoms with van der Waals surface area (Å²) in [4.78, 5) is 6.77. The van der Waals surface area contributed by atoms with Gasteiger partial charge in [0.2, 0.25) is 5.95 Å². The zero-order chi connectivity index (χ0) is 20.3. The second kappa shape index (κ2) is 8.63. The SMILES string of the molecule is Clc1ccc2cccnc2c1CSc1nnc(N2CCOCC2)n1-c1ccccc1. The van der Waals surface area contributed by atoms with E-state index in [2.05, 4.69) is 42.8 Å². The van der Waals surface area contributed by atoms with Gasteiger partial charge in [-0.05, 0) is 24.3 Å². The highest BCUT2D eigenvalue weighted by Crippen LogP contribution is 2.33. The number of morpholine rings is 1. The molecule has 0 atom stereocenters. The lowest BCUT2D eigenvalue weighted by atomic mass is 10.1. The number of aromatic nitrogens is 4. The van der Waals surface area contributed by atoms with E-state index in [0.717, 1.165) is 46.3 Å². The van der Waals surface area contributed by atoms with Crippen LogP contribution in [0, 0.1) is 0 Å². The highest BCUT2D eigenvalue weighted by Gasteiger charge is 2.22. The van der Waals surface area contributed by atoms with Gasteiger partial charge in [-0.1, -0.05) is 53.7 Å². The number of hydrogen-bond acceptors (Lipinski definition) is 6. The van der Waals surface area contributed by atoms with E-state index in [1.165, 1.54) is 0 Å². The molecular weight excluding hydrogens is 418 g/mol. The highest BCUT2D eigenvalue weighted by atomic mass is 35.5. The third-order valence-corrected chi connectivity index (χ3v) is 6.40. The maximum absolute atomic E-state index is 6.53. The van der Waals surface area contributed by atoms with Crippen LogP contribution in [0.4, 0.5) is 5.95 Å². The predicted molar refractivity (Wildman–Crippen MR) is 121 cm³/mol. The molecule has 8 heteroatoms. The van der Waals surface area contributed by atoms with Crippen molar-refractivity contribution in [3.8, 4) is 5.69 Å². The van der Waals surface area contributed by atoms with Crippen molar-refractivity contribution in [1.82, 2.24) is 19.7 Å². The van der Waals surface area contributed by atoms with Crippen LogP contribution in [0.15, 0.2) is 66.0 Å². The molecule has 0 bridgehead atoms. The van der Waals surface area contributed by atoms with E-state index < -0.39 is 0 Å². The second-order valence-corrected chi connectivity index (χ2v) is 8.29. The minimum Gasteiger partial charge on any atom is -0.378 e. The van der Waals surface area contributed by atoms with Gasteiger partial charge >= 0.3 is 0 Å². The Hall–Kier alpha value is -2.61. The number of halogens is 1. The van der Waals surface area contributed by atoms with Gasteiger partial charge in [0.1, 0.15) is 0 Å². The summed E-state index contributed by atoms with van der Waals surface area (Å²) < 4.78 is 7.62. The topological polar surface area (TPSA) is 56.1 Å². The lowest BCUT2D eigenvalue weighted by molar-refractivity contribution is 0.122. The minimum atomic E-state index is 0.654. The molecular formula is C22H20ClN5OS. The Morgan fingerprint density at radius 2 is 1.80 bits per heavy atom. The summed E-state index contributed by atoms with van der Waals surface area (Å²) in [5.74, 6) is 1.50. The normalized spacial score (nSPS) is 14.4.